The lowest BCUT2D eigenvalue weighted by Gasteiger charge is -2.15. The molecule has 5 nitrogen and oxygen atoms in total. The summed E-state index contributed by atoms with van der Waals surface area (Å²) in [7, 11) is 3.36. The van der Waals surface area contributed by atoms with Crippen molar-refractivity contribution in [3.63, 3.8) is 0 Å². The fourth-order valence-electron chi connectivity index (χ4n) is 1.33. The van der Waals surface area contributed by atoms with Gasteiger partial charge in [-0.25, -0.2) is 0 Å². The van der Waals surface area contributed by atoms with Crippen molar-refractivity contribution in [2.24, 2.45) is 11.7 Å². The van der Waals surface area contributed by atoms with Crippen LogP contribution in [0.1, 0.15) is 26.2 Å². The summed E-state index contributed by atoms with van der Waals surface area (Å²) in [6.45, 7) is 2.28. The minimum absolute atomic E-state index is 0.0207. The molecule has 0 saturated heterocycles. The summed E-state index contributed by atoms with van der Waals surface area (Å²) in [4.78, 5) is 24.7. The van der Waals surface area contributed by atoms with Crippen LogP contribution < -0.4 is 11.1 Å². The lowest BCUT2D eigenvalue weighted by atomic mass is 10.0. The average molecular weight is 259 g/mol. The number of nitrogens with one attached hydrogen (secondary N) is 1. The second-order valence-electron chi connectivity index (χ2n) is 4.07. The van der Waals surface area contributed by atoms with Gasteiger partial charge in [0, 0.05) is 27.1 Å². The second-order valence-corrected chi connectivity index (χ2v) is 4.54. The molecule has 6 heteroatoms. The highest BCUT2D eigenvalue weighted by Gasteiger charge is 2.20. The third-order valence-corrected chi connectivity index (χ3v) is 2.66. The van der Waals surface area contributed by atoms with Crippen molar-refractivity contribution in [2.45, 2.75) is 26.2 Å². The Hall–Kier alpha value is -1.17. The average Bonchev–Trinajstić information content (AvgIpc) is 2.24. The van der Waals surface area contributed by atoms with Gasteiger partial charge in [-0.1, -0.05) is 25.6 Å². The predicted molar refractivity (Wildman–Crippen MR) is 71.5 cm³/mol. The fraction of sp³-hybridized carbons (Fsp3) is 0.727. The molecule has 0 bridgehead atoms. The Kier molecular flexibility index (Phi) is 7.45. The number of hydrogen-bond donors (Lipinski definition) is 2. The van der Waals surface area contributed by atoms with E-state index in [0.29, 0.717) is 13.0 Å². The van der Waals surface area contributed by atoms with Gasteiger partial charge in [-0.15, -0.1) is 0 Å². The molecule has 0 aliphatic carbocycles. The van der Waals surface area contributed by atoms with Gasteiger partial charge in [0.15, 0.2) is 0 Å². The normalized spacial score (nSPS) is 11.7. The topological polar surface area (TPSA) is 75.4 Å². The summed E-state index contributed by atoms with van der Waals surface area (Å²) in [5.41, 5.74) is 5.50. The maximum atomic E-state index is 11.7. The van der Waals surface area contributed by atoms with Crippen LogP contribution in [-0.4, -0.2) is 42.3 Å². The van der Waals surface area contributed by atoms with E-state index < -0.39 is 5.92 Å². The van der Waals surface area contributed by atoms with Crippen molar-refractivity contribution in [3.05, 3.63) is 0 Å². The van der Waals surface area contributed by atoms with Gasteiger partial charge in [-0.3, -0.25) is 9.59 Å². The van der Waals surface area contributed by atoms with Crippen molar-refractivity contribution in [2.75, 3.05) is 20.6 Å². The molecule has 0 aromatic rings. The van der Waals surface area contributed by atoms with E-state index in [1.54, 1.807) is 14.1 Å². The smallest absolute Gasteiger partial charge is 0.229 e. The molecule has 98 valence electrons. The van der Waals surface area contributed by atoms with Gasteiger partial charge in [0.05, 0.1) is 10.9 Å². The molecule has 2 amide bonds. The summed E-state index contributed by atoms with van der Waals surface area (Å²) < 4.78 is 0. The first-order chi connectivity index (χ1) is 7.90. The van der Waals surface area contributed by atoms with Crippen molar-refractivity contribution >= 4 is 29.0 Å². The number of thiocarbonyl (C=S) groups is 1. The van der Waals surface area contributed by atoms with E-state index in [1.807, 2.05) is 6.92 Å². The molecule has 17 heavy (non-hydrogen) atoms. The predicted octanol–water partition coefficient (Wildman–Crippen LogP) is 0.283. The molecule has 0 aromatic heterocycles. The summed E-state index contributed by atoms with van der Waals surface area (Å²) >= 11 is 4.84. The van der Waals surface area contributed by atoms with Crippen molar-refractivity contribution in [1.29, 1.82) is 0 Å². The van der Waals surface area contributed by atoms with E-state index in [-0.39, 0.29) is 23.2 Å². The molecule has 0 rings (SSSR count). The first kappa shape index (κ1) is 15.8. The third kappa shape index (κ3) is 6.21. The molecule has 0 spiro atoms. The Morgan fingerprint density at radius 2 is 2.00 bits per heavy atom. The Bertz CT molecular complexity index is 292. The summed E-state index contributed by atoms with van der Waals surface area (Å²) in [5.74, 6) is -0.636. The Balaban J connectivity index is 4.07. The number of hydrogen-bond acceptors (Lipinski definition) is 3. The number of rotatable bonds is 7. The molecule has 3 N–H and O–H groups in total. The first-order valence-electron chi connectivity index (χ1n) is 5.67. The zero-order chi connectivity index (χ0) is 13.4. The van der Waals surface area contributed by atoms with Gasteiger partial charge in [0.1, 0.15) is 0 Å². The number of carbonyl (C=O) groups is 2. The third-order valence-electron chi connectivity index (χ3n) is 2.37. The molecular weight excluding hydrogens is 238 g/mol. The highest BCUT2D eigenvalue weighted by Crippen LogP contribution is 2.06. The minimum atomic E-state index is -0.426. The van der Waals surface area contributed by atoms with Crippen LogP contribution in [0.3, 0.4) is 0 Å². The monoisotopic (exact) mass is 259 g/mol. The van der Waals surface area contributed by atoms with Crippen LogP contribution in [0, 0.1) is 5.92 Å². The van der Waals surface area contributed by atoms with Gasteiger partial charge in [0.25, 0.3) is 0 Å². The lowest BCUT2D eigenvalue weighted by Crippen LogP contribution is -2.39. The number of nitrogens with zero attached hydrogens (tertiary/aromatic N) is 1. The van der Waals surface area contributed by atoms with Crippen LogP contribution in [0.4, 0.5) is 0 Å². The van der Waals surface area contributed by atoms with E-state index in [1.165, 1.54) is 4.90 Å². The van der Waals surface area contributed by atoms with Crippen LogP contribution in [0.15, 0.2) is 0 Å². The fourth-order valence-corrected chi connectivity index (χ4v) is 1.56. The highest BCUT2D eigenvalue weighted by molar-refractivity contribution is 7.80. The van der Waals surface area contributed by atoms with E-state index in [4.69, 9.17) is 18.0 Å². The maximum absolute atomic E-state index is 11.7. The molecule has 1 atom stereocenters. The SMILES string of the molecule is CCCC(C(=O)NCCC(=O)N(C)C)C(N)=S. The van der Waals surface area contributed by atoms with E-state index in [9.17, 15) is 9.59 Å². The molecule has 0 heterocycles. The summed E-state index contributed by atoms with van der Waals surface area (Å²) in [5, 5.41) is 2.68. The van der Waals surface area contributed by atoms with Gasteiger partial charge in [-0.2, -0.15) is 0 Å². The molecular formula is C11H21N3O2S. The first-order valence-corrected chi connectivity index (χ1v) is 6.08. The quantitative estimate of drug-likeness (QED) is 0.644. The molecule has 0 radical (unpaired) electrons. The molecule has 0 aliphatic rings. The number of amides is 2. The zero-order valence-electron chi connectivity index (χ0n) is 10.7. The van der Waals surface area contributed by atoms with Crippen LogP contribution in [0.5, 0.6) is 0 Å². The van der Waals surface area contributed by atoms with Crippen molar-refractivity contribution < 1.29 is 9.59 Å². The minimum Gasteiger partial charge on any atom is -0.393 e. The van der Waals surface area contributed by atoms with Crippen LogP contribution >= 0.6 is 12.2 Å². The lowest BCUT2D eigenvalue weighted by molar-refractivity contribution is -0.128. The maximum Gasteiger partial charge on any atom is 0.229 e. The van der Waals surface area contributed by atoms with E-state index in [0.717, 1.165) is 6.42 Å². The van der Waals surface area contributed by atoms with Gasteiger partial charge in [-0.05, 0) is 6.42 Å². The van der Waals surface area contributed by atoms with Crippen LogP contribution in [0.2, 0.25) is 0 Å². The standard InChI is InChI=1S/C11H21N3O2S/c1-4-5-8(10(12)17)11(16)13-7-6-9(15)14(2)3/h8H,4-7H2,1-3H3,(H2,12,17)(H,13,16). The van der Waals surface area contributed by atoms with Gasteiger partial charge < -0.3 is 16.0 Å². The zero-order valence-corrected chi connectivity index (χ0v) is 11.5. The molecule has 0 aliphatic heterocycles. The Labute approximate surface area is 108 Å². The molecule has 1 unspecified atom stereocenters. The summed E-state index contributed by atoms with van der Waals surface area (Å²) in [6.07, 6.45) is 1.77. The number of carbonyl (C=O) groups excluding carboxylic acids is 2. The van der Waals surface area contributed by atoms with Crippen molar-refractivity contribution in [1.82, 2.24) is 10.2 Å². The molecule has 0 aromatic carbocycles. The van der Waals surface area contributed by atoms with E-state index >= 15 is 0 Å². The summed E-state index contributed by atoms with van der Waals surface area (Å²) in [6, 6.07) is 0. The van der Waals surface area contributed by atoms with Gasteiger partial charge in [0.2, 0.25) is 11.8 Å². The van der Waals surface area contributed by atoms with Crippen LogP contribution in [-0.2, 0) is 9.59 Å². The van der Waals surface area contributed by atoms with Crippen molar-refractivity contribution in [3.8, 4) is 0 Å². The number of nitrogens with two attached hydrogens (primary N) is 1. The second kappa shape index (κ2) is 8.00. The Morgan fingerprint density at radius 1 is 1.41 bits per heavy atom. The largest absolute Gasteiger partial charge is 0.393 e. The van der Waals surface area contributed by atoms with Crippen LogP contribution in [0.25, 0.3) is 0 Å². The highest BCUT2D eigenvalue weighted by atomic mass is 32.1. The Morgan fingerprint density at radius 3 is 2.41 bits per heavy atom. The molecule has 0 saturated carbocycles. The van der Waals surface area contributed by atoms with E-state index in [2.05, 4.69) is 5.32 Å². The van der Waals surface area contributed by atoms with Gasteiger partial charge >= 0.3 is 0 Å². The molecule has 0 fully saturated rings.